The Morgan fingerprint density at radius 1 is 0.875 bits per heavy atom. The van der Waals surface area contributed by atoms with E-state index in [-0.39, 0.29) is 11.5 Å². The van der Waals surface area contributed by atoms with Crippen LogP contribution >= 0.6 is 0 Å². The fraction of sp³-hybridized carbons (Fsp3) is 0.0357. The number of hydrogen-bond donors (Lipinski definition) is 1. The maximum atomic E-state index is 13.1. The second-order valence-electron chi connectivity index (χ2n) is 7.80. The lowest BCUT2D eigenvalue weighted by Gasteiger charge is -2.06. The molecule has 0 radical (unpaired) electrons. The molecule has 32 heavy (non-hydrogen) atoms. The van der Waals surface area contributed by atoms with Gasteiger partial charge in [0.25, 0.3) is 0 Å². The zero-order valence-corrected chi connectivity index (χ0v) is 17.4. The predicted octanol–water partition coefficient (Wildman–Crippen LogP) is 6.61. The molecule has 6 rings (SSSR count). The number of carbonyl (C=O) groups is 1. The highest BCUT2D eigenvalue weighted by molar-refractivity contribution is 6.16. The molecule has 154 valence electrons. The third-order valence-corrected chi connectivity index (χ3v) is 5.94. The molecule has 4 heteroatoms. The highest BCUT2D eigenvalue weighted by Gasteiger charge is 2.30. The molecule has 0 saturated carbocycles. The van der Waals surface area contributed by atoms with Crippen molar-refractivity contribution < 1.29 is 14.3 Å². The van der Waals surface area contributed by atoms with Crippen LogP contribution in [-0.4, -0.2) is 17.9 Å². The molecule has 0 saturated heterocycles. The lowest BCUT2D eigenvalue weighted by molar-refractivity contribution is 0.101. The van der Waals surface area contributed by atoms with Crippen molar-refractivity contribution >= 4 is 33.5 Å². The monoisotopic (exact) mass is 417 g/mol. The van der Waals surface area contributed by atoms with Gasteiger partial charge in [-0.3, -0.25) is 4.79 Å². The first-order valence-electron chi connectivity index (χ1n) is 10.4. The van der Waals surface area contributed by atoms with Gasteiger partial charge in [0.15, 0.2) is 17.3 Å². The normalized spacial score (nSPS) is 14.2. The van der Waals surface area contributed by atoms with Gasteiger partial charge < -0.3 is 14.5 Å². The van der Waals surface area contributed by atoms with E-state index in [4.69, 9.17) is 9.47 Å². The number of methoxy groups -OCH3 is 1. The van der Waals surface area contributed by atoms with Gasteiger partial charge in [-0.15, -0.1) is 0 Å². The lowest BCUT2D eigenvalue weighted by Crippen LogP contribution is -1.98. The van der Waals surface area contributed by atoms with E-state index in [1.54, 1.807) is 25.3 Å². The average molecular weight is 417 g/mol. The summed E-state index contributed by atoms with van der Waals surface area (Å²) >= 11 is 0. The molecule has 2 heterocycles. The SMILES string of the molecule is COc1cccc2c1OC(=Cc1c(-c3ccc4ccccc4c3)[nH]c3ccccc13)C2=O. The Morgan fingerprint density at radius 3 is 2.56 bits per heavy atom. The van der Waals surface area contributed by atoms with Crippen molar-refractivity contribution in [2.45, 2.75) is 0 Å². The van der Waals surface area contributed by atoms with Gasteiger partial charge in [0.05, 0.1) is 18.4 Å². The molecular weight excluding hydrogens is 398 g/mol. The number of H-pyrrole nitrogens is 1. The number of rotatable bonds is 3. The number of ether oxygens (including phenoxy) is 2. The second-order valence-corrected chi connectivity index (χ2v) is 7.80. The van der Waals surface area contributed by atoms with Crippen molar-refractivity contribution in [3.63, 3.8) is 0 Å². The summed E-state index contributed by atoms with van der Waals surface area (Å²) < 4.78 is 11.4. The highest BCUT2D eigenvalue weighted by atomic mass is 16.5. The molecule has 0 bridgehead atoms. The van der Waals surface area contributed by atoms with Crippen LogP contribution in [0.15, 0.2) is 90.7 Å². The van der Waals surface area contributed by atoms with E-state index < -0.39 is 0 Å². The molecular formula is C28H19NO3. The van der Waals surface area contributed by atoms with Crippen LogP contribution in [0.25, 0.3) is 39.0 Å². The van der Waals surface area contributed by atoms with Crippen LogP contribution in [-0.2, 0) is 0 Å². The van der Waals surface area contributed by atoms with Crippen molar-refractivity contribution in [3.05, 3.63) is 102 Å². The minimum Gasteiger partial charge on any atom is -0.493 e. The number of aromatic nitrogens is 1. The topological polar surface area (TPSA) is 51.3 Å². The van der Waals surface area contributed by atoms with Crippen LogP contribution in [0.5, 0.6) is 11.5 Å². The number of aromatic amines is 1. The van der Waals surface area contributed by atoms with Crippen molar-refractivity contribution in [1.82, 2.24) is 4.98 Å². The van der Waals surface area contributed by atoms with Gasteiger partial charge in [-0.2, -0.15) is 0 Å². The number of nitrogens with one attached hydrogen (secondary N) is 1. The van der Waals surface area contributed by atoms with Crippen molar-refractivity contribution in [2.75, 3.05) is 7.11 Å². The van der Waals surface area contributed by atoms with Crippen LogP contribution in [0.3, 0.4) is 0 Å². The fourth-order valence-corrected chi connectivity index (χ4v) is 4.36. The highest BCUT2D eigenvalue weighted by Crippen LogP contribution is 2.41. The molecule has 0 atom stereocenters. The van der Waals surface area contributed by atoms with E-state index >= 15 is 0 Å². The summed E-state index contributed by atoms with van der Waals surface area (Å²) in [6.45, 7) is 0. The van der Waals surface area contributed by atoms with Gasteiger partial charge in [-0.1, -0.05) is 60.7 Å². The number of benzene rings is 4. The van der Waals surface area contributed by atoms with Crippen LogP contribution in [0.2, 0.25) is 0 Å². The minimum absolute atomic E-state index is 0.145. The van der Waals surface area contributed by atoms with Gasteiger partial charge in [0.2, 0.25) is 5.78 Å². The number of allylic oxidation sites excluding steroid dienone is 1. The first kappa shape index (κ1) is 18.5. The van der Waals surface area contributed by atoms with E-state index in [2.05, 4.69) is 41.4 Å². The molecule has 4 aromatic carbocycles. The number of ketones is 1. The Bertz CT molecular complexity index is 1560. The molecule has 1 N–H and O–H groups in total. The van der Waals surface area contributed by atoms with Gasteiger partial charge in [-0.25, -0.2) is 0 Å². The van der Waals surface area contributed by atoms with Crippen LogP contribution in [0.1, 0.15) is 15.9 Å². The maximum absolute atomic E-state index is 13.1. The predicted molar refractivity (Wildman–Crippen MR) is 127 cm³/mol. The molecule has 1 aliphatic rings. The molecule has 0 fully saturated rings. The third kappa shape index (κ3) is 2.81. The molecule has 0 aliphatic carbocycles. The zero-order chi connectivity index (χ0) is 21.7. The Morgan fingerprint density at radius 2 is 1.69 bits per heavy atom. The Hall–Kier alpha value is -4.31. The summed E-state index contributed by atoms with van der Waals surface area (Å²) in [5.41, 5.74) is 4.44. The number of para-hydroxylation sites is 2. The molecule has 1 aromatic heterocycles. The molecule has 4 nitrogen and oxygen atoms in total. The minimum atomic E-state index is -0.145. The largest absolute Gasteiger partial charge is 0.493 e. The second kappa shape index (κ2) is 7.13. The molecule has 5 aromatic rings. The number of carbonyl (C=O) groups excluding carboxylic acids is 1. The molecule has 1 aliphatic heterocycles. The van der Waals surface area contributed by atoms with E-state index in [0.29, 0.717) is 17.1 Å². The van der Waals surface area contributed by atoms with Crippen LogP contribution in [0.4, 0.5) is 0 Å². The van der Waals surface area contributed by atoms with Crippen molar-refractivity contribution in [2.24, 2.45) is 0 Å². The summed E-state index contributed by atoms with van der Waals surface area (Å²) in [5.74, 6) is 1.16. The first-order valence-corrected chi connectivity index (χ1v) is 10.4. The van der Waals surface area contributed by atoms with Crippen molar-refractivity contribution in [3.8, 4) is 22.8 Å². The summed E-state index contributed by atoms with van der Waals surface area (Å²) in [4.78, 5) is 16.6. The third-order valence-electron chi connectivity index (χ3n) is 5.94. The zero-order valence-electron chi connectivity index (χ0n) is 17.4. The Balaban J connectivity index is 1.54. The van der Waals surface area contributed by atoms with Gasteiger partial charge in [0, 0.05) is 16.5 Å². The first-order chi connectivity index (χ1) is 15.7. The fourth-order valence-electron chi connectivity index (χ4n) is 4.36. The average Bonchev–Trinajstić information content (AvgIpc) is 3.37. The van der Waals surface area contributed by atoms with Gasteiger partial charge >= 0.3 is 0 Å². The Kier molecular flexibility index (Phi) is 4.12. The van der Waals surface area contributed by atoms with Gasteiger partial charge in [0.1, 0.15) is 0 Å². The lowest BCUT2D eigenvalue weighted by atomic mass is 10.0. The van der Waals surface area contributed by atoms with E-state index in [1.807, 2.05) is 36.4 Å². The summed E-state index contributed by atoms with van der Waals surface area (Å²) in [6, 6.07) is 28.1. The standard InChI is InChI=1S/C28H19NO3/c1-31-24-12-6-10-21-27(30)25(32-28(21)24)16-22-20-9-4-5-11-23(20)29-26(22)19-14-13-17-7-2-3-8-18(17)15-19/h2-16,29H,1H3. The van der Waals surface area contributed by atoms with E-state index in [0.717, 1.165) is 33.1 Å². The van der Waals surface area contributed by atoms with Crippen LogP contribution in [0, 0.1) is 0 Å². The summed E-state index contributed by atoms with van der Waals surface area (Å²) in [7, 11) is 1.57. The summed E-state index contributed by atoms with van der Waals surface area (Å²) in [5, 5.41) is 3.37. The smallest absolute Gasteiger partial charge is 0.232 e. The van der Waals surface area contributed by atoms with E-state index in [1.165, 1.54) is 5.39 Å². The van der Waals surface area contributed by atoms with E-state index in [9.17, 15) is 4.79 Å². The molecule has 0 unspecified atom stereocenters. The molecule has 0 spiro atoms. The maximum Gasteiger partial charge on any atom is 0.232 e. The number of fused-ring (bicyclic) bond motifs is 3. The van der Waals surface area contributed by atoms with Crippen molar-refractivity contribution in [1.29, 1.82) is 0 Å². The van der Waals surface area contributed by atoms with Crippen LogP contribution < -0.4 is 9.47 Å². The number of hydrogen-bond acceptors (Lipinski definition) is 3. The van der Waals surface area contributed by atoms with Gasteiger partial charge in [-0.05, 0) is 46.7 Å². The summed E-state index contributed by atoms with van der Waals surface area (Å²) in [6.07, 6.45) is 1.84. The Labute approximate surface area is 184 Å². The number of Topliss-reactive ketones (excluding diaryl/α,β-unsaturated/α-hetero) is 1. The quantitative estimate of drug-likeness (QED) is 0.336. The molecule has 0 amide bonds.